The minimum absolute atomic E-state index is 0.178. The maximum atomic E-state index is 12.4. The first kappa shape index (κ1) is 16.8. The molecule has 0 saturated carbocycles. The Kier molecular flexibility index (Phi) is 4.46. The van der Waals surface area contributed by atoms with Crippen molar-refractivity contribution in [3.63, 3.8) is 0 Å². The number of aromatic nitrogens is 4. The van der Waals surface area contributed by atoms with Gasteiger partial charge < -0.3 is 9.88 Å². The number of fused-ring (bicyclic) bond motifs is 1. The summed E-state index contributed by atoms with van der Waals surface area (Å²) in [6.45, 7) is 4.16. The maximum Gasteiger partial charge on any atom is 0.182 e. The van der Waals surface area contributed by atoms with Crippen LogP contribution in [0.15, 0.2) is 47.6 Å². The summed E-state index contributed by atoms with van der Waals surface area (Å²) >= 11 is 1.72. The Balaban J connectivity index is 1.69. The molecule has 26 heavy (non-hydrogen) atoms. The monoisotopic (exact) mass is 365 g/mol. The number of ketones is 1. The number of pyridine rings is 1. The normalized spacial score (nSPS) is 13.7. The van der Waals surface area contributed by atoms with E-state index in [1.54, 1.807) is 18.1 Å². The zero-order valence-corrected chi connectivity index (χ0v) is 15.5. The second-order valence-electron chi connectivity index (χ2n) is 6.39. The molecular weight excluding hydrogens is 346 g/mol. The van der Waals surface area contributed by atoms with Crippen molar-refractivity contribution in [3.8, 4) is 11.5 Å². The van der Waals surface area contributed by atoms with Gasteiger partial charge in [0.2, 0.25) is 0 Å². The van der Waals surface area contributed by atoms with Gasteiger partial charge in [-0.3, -0.25) is 4.79 Å². The number of hydrogen-bond acceptors (Lipinski definition) is 6. The molecule has 7 heteroatoms. The van der Waals surface area contributed by atoms with Crippen LogP contribution in [0.3, 0.4) is 0 Å². The van der Waals surface area contributed by atoms with Crippen molar-refractivity contribution in [2.45, 2.75) is 31.2 Å². The molecule has 0 spiro atoms. The molecule has 132 valence electrons. The summed E-state index contributed by atoms with van der Waals surface area (Å²) in [4.78, 5) is 18.1. The molecular formula is C19H19N5OS. The molecule has 0 aliphatic carbocycles. The smallest absolute Gasteiger partial charge is 0.182 e. The van der Waals surface area contributed by atoms with Crippen molar-refractivity contribution in [1.29, 1.82) is 0 Å². The molecule has 3 aromatic rings. The van der Waals surface area contributed by atoms with Gasteiger partial charge in [0.25, 0.3) is 0 Å². The van der Waals surface area contributed by atoms with E-state index in [-0.39, 0.29) is 11.8 Å². The number of hydrogen-bond donors (Lipinski definition) is 1. The van der Waals surface area contributed by atoms with Gasteiger partial charge in [-0.2, -0.15) is 0 Å². The summed E-state index contributed by atoms with van der Waals surface area (Å²) in [5.74, 6) is 2.42. The predicted octanol–water partition coefficient (Wildman–Crippen LogP) is 4.34. The largest absolute Gasteiger partial charge is 0.340 e. The molecule has 4 rings (SSSR count). The Morgan fingerprint density at radius 3 is 2.88 bits per heavy atom. The molecule has 2 aromatic heterocycles. The van der Waals surface area contributed by atoms with Gasteiger partial charge in [0, 0.05) is 23.1 Å². The quantitative estimate of drug-likeness (QED) is 0.741. The van der Waals surface area contributed by atoms with Gasteiger partial charge in [-0.25, -0.2) is 4.98 Å². The van der Waals surface area contributed by atoms with Gasteiger partial charge in [-0.15, -0.1) is 22.0 Å². The van der Waals surface area contributed by atoms with Crippen molar-refractivity contribution in [2.24, 2.45) is 0 Å². The topological polar surface area (TPSA) is 72.7 Å². The summed E-state index contributed by atoms with van der Waals surface area (Å²) in [6.07, 6.45) is 2.28. The van der Waals surface area contributed by atoms with Crippen LogP contribution in [0.25, 0.3) is 11.5 Å². The average molecular weight is 365 g/mol. The Morgan fingerprint density at radius 2 is 2.04 bits per heavy atom. The molecule has 0 fully saturated rings. The van der Waals surface area contributed by atoms with E-state index >= 15 is 0 Å². The van der Waals surface area contributed by atoms with Crippen LogP contribution in [0.2, 0.25) is 0 Å². The highest BCUT2D eigenvalue weighted by molar-refractivity contribution is 7.99. The number of nitrogens with one attached hydrogen (secondary N) is 1. The van der Waals surface area contributed by atoms with Crippen LogP contribution < -0.4 is 5.32 Å². The summed E-state index contributed by atoms with van der Waals surface area (Å²) < 4.78 is 1.98. The lowest BCUT2D eigenvalue weighted by atomic mass is 10.1. The van der Waals surface area contributed by atoms with Crippen LogP contribution in [0, 0.1) is 0 Å². The van der Waals surface area contributed by atoms with Crippen molar-refractivity contribution in [3.05, 3.63) is 48.3 Å². The number of Topliss-reactive ketones (excluding diaryl/α,β-unsaturated/α-hetero) is 1. The lowest BCUT2D eigenvalue weighted by Gasteiger charge is -2.18. The Labute approximate surface area is 156 Å². The SMILES string of the molecule is CC(C)n1cnnc1-c1cccc(Nc2cccc3c2C(=O)CCS3)n1. The van der Waals surface area contributed by atoms with E-state index in [2.05, 4.69) is 34.3 Å². The minimum Gasteiger partial charge on any atom is -0.340 e. The molecule has 0 saturated heterocycles. The fourth-order valence-electron chi connectivity index (χ4n) is 2.99. The average Bonchev–Trinajstić information content (AvgIpc) is 3.12. The molecule has 1 aliphatic rings. The standard InChI is InChI=1S/C19H19N5OS/c1-12(2)24-11-20-23-19(24)14-6-4-8-17(22-14)21-13-5-3-7-16-18(13)15(25)9-10-26-16/h3-8,11-12H,9-10H2,1-2H3,(H,21,22). The fraction of sp³-hybridized carbons (Fsp3) is 0.263. The molecule has 0 unspecified atom stereocenters. The molecule has 0 amide bonds. The number of carbonyl (C=O) groups excluding carboxylic acids is 1. The number of thioether (sulfide) groups is 1. The molecule has 0 radical (unpaired) electrons. The summed E-state index contributed by atoms with van der Waals surface area (Å²) in [5, 5.41) is 11.5. The van der Waals surface area contributed by atoms with Crippen molar-refractivity contribution in [2.75, 3.05) is 11.1 Å². The van der Waals surface area contributed by atoms with Gasteiger partial charge in [0.1, 0.15) is 17.8 Å². The first-order valence-electron chi connectivity index (χ1n) is 8.56. The second kappa shape index (κ2) is 6.92. The van der Waals surface area contributed by atoms with Crippen LogP contribution in [0.4, 0.5) is 11.5 Å². The van der Waals surface area contributed by atoms with E-state index in [4.69, 9.17) is 0 Å². The van der Waals surface area contributed by atoms with E-state index < -0.39 is 0 Å². The molecule has 3 heterocycles. The highest BCUT2D eigenvalue weighted by Crippen LogP contribution is 2.35. The first-order valence-corrected chi connectivity index (χ1v) is 9.55. The van der Waals surface area contributed by atoms with E-state index in [9.17, 15) is 4.79 Å². The van der Waals surface area contributed by atoms with E-state index in [0.29, 0.717) is 12.2 Å². The predicted molar refractivity (Wildman–Crippen MR) is 103 cm³/mol. The summed E-state index contributed by atoms with van der Waals surface area (Å²) in [7, 11) is 0. The summed E-state index contributed by atoms with van der Waals surface area (Å²) in [6, 6.07) is 11.9. The third-order valence-corrected chi connectivity index (χ3v) is 5.32. The van der Waals surface area contributed by atoms with E-state index in [1.807, 2.05) is 41.0 Å². The molecule has 0 atom stereocenters. The third-order valence-electron chi connectivity index (χ3n) is 4.26. The van der Waals surface area contributed by atoms with Crippen LogP contribution in [-0.4, -0.2) is 31.3 Å². The zero-order valence-electron chi connectivity index (χ0n) is 14.6. The molecule has 1 aliphatic heterocycles. The van der Waals surface area contributed by atoms with Gasteiger partial charge in [-0.1, -0.05) is 12.1 Å². The van der Waals surface area contributed by atoms with Crippen LogP contribution in [-0.2, 0) is 0 Å². The van der Waals surface area contributed by atoms with Crippen molar-refractivity contribution < 1.29 is 4.79 Å². The van der Waals surface area contributed by atoms with E-state index in [0.717, 1.165) is 33.4 Å². The van der Waals surface area contributed by atoms with Gasteiger partial charge >= 0.3 is 0 Å². The minimum atomic E-state index is 0.178. The number of nitrogens with zero attached hydrogens (tertiary/aromatic N) is 4. The third kappa shape index (κ3) is 3.10. The molecule has 0 bridgehead atoms. The number of rotatable bonds is 4. The van der Waals surface area contributed by atoms with Crippen LogP contribution in [0.5, 0.6) is 0 Å². The van der Waals surface area contributed by atoms with Crippen LogP contribution in [0.1, 0.15) is 36.7 Å². The lowest BCUT2D eigenvalue weighted by Crippen LogP contribution is -2.11. The van der Waals surface area contributed by atoms with Gasteiger partial charge in [0.05, 0.1) is 11.3 Å². The highest BCUT2D eigenvalue weighted by Gasteiger charge is 2.21. The van der Waals surface area contributed by atoms with Gasteiger partial charge in [0.15, 0.2) is 11.6 Å². The lowest BCUT2D eigenvalue weighted by molar-refractivity contribution is 0.0985. The zero-order chi connectivity index (χ0) is 18.1. The fourth-order valence-corrected chi connectivity index (χ4v) is 4.04. The number of benzene rings is 1. The molecule has 6 nitrogen and oxygen atoms in total. The van der Waals surface area contributed by atoms with Gasteiger partial charge in [-0.05, 0) is 38.1 Å². The second-order valence-corrected chi connectivity index (χ2v) is 7.53. The molecule has 1 aromatic carbocycles. The maximum absolute atomic E-state index is 12.4. The first-order chi connectivity index (χ1) is 12.6. The Hall–Kier alpha value is -2.67. The molecule has 1 N–H and O–H groups in total. The number of anilines is 2. The highest BCUT2D eigenvalue weighted by atomic mass is 32.2. The van der Waals surface area contributed by atoms with Crippen molar-refractivity contribution in [1.82, 2.24) is 19.7 Å². The Morgan fingerprint density at radius 1 is 1.19 bits per heavy atom. The summed E-state index contributed by atoms with van der Waals surface area (Å²) in [5.41, 5.74) is 2.31. The van der Waals surface area contributed by atoms with Crippen LogP contribution >= 0.6 is 11.8 Å². The van der Waals surface area contributed by atoms with E-state index in [1.165, 1.54) is 0 Å². The number of carbonyl (C=O) groups is 1. The van der Waals surface area contributed by atoms with Crippen molar-refractivity contribution >= 4 is 29.1 Å². The Bertz CT molecular complexity index is 966.